The number of hydrogen-bond acceptors (Lipinski definition) is 2. The molecule has 0 saturated carbocycles. The monoisotopic (exact) mass is 358 g/mol. The van der Waals surface area contributed by atoms with Crippen LogP contribution in [0.5, 0.6) is 0 Å². The van der Waals surface area contributed by atoms with Crippen molar-refractivity contribution < 1.29 is 4.79 Å². The molecule has 0 radical (unpaired) electrons. The normalized spacial score (nSPS) is 20.7. The topological polar surface area (TPSA) is 32.3 Å². The van der Waals surface area contributed by atoms with Gasteiger partial charge in [-0.25, -0.2) is 0 Å². The maximum Gasteiger partial charge on any atom is 0.238 e. The summed E-state index contributed by atoms with van der Waals surface area (Å²) >= 11 is 2.25. The van der Waals surface area contributed by atoms with Gasteiger partial charge in [0.1, 0.15) is 0 Å². The quantitative estimate of drug-likeness (QED) is 0.843. The molecule has 0 spiro atoms. The lowest BCUT2D eigenvalue weighted by Crippen LogP contribution is -2.42. The van der Waals surface area contributed by atoms with Crippen molar-refractivity contribution in [3.63, 3.8) is 0 Å². The van der Waals surface area contributed by atoms with E-state index in [1.807, 2.05) is 24.3 Å². The molecule has 1 aromatic rings. The Morgan fingerprint density at radius 2 is 2.33 bits per heavy atom. The average Bonchev–Trinajstić information content (AvgIpc) is 2.32. The van der Waals surface area contributed by atoms with Gasteiger partial charge in [-0.1, -0.05) is 12.5 Å². The van der Waals surface area contributed by atoms with E-state index in [1.54, 1.807) is 0 Å². The van der Waals surface area contributed by atoms with Crippen molar-refractivity contribution in [2.75, 3.05) is 18.4 Å². The van der Waals surface area contributed by atoms with E-state index in [4.69, 9.17) is 0 Å². The van der Waals surface area contributed by atoms with Gasteiger partial charge in [0, 0.05) is 15.3 Å². The first-order valence-corrected chi connectivity index (χ1v) is 7.52. The number of amides is 1. The van der Waals surface area contributed by atoms with Crippen LogP contribution < -0.4 is 5.32 Å². The summed E-state index contributed by atoms with van der Waals surface area (Å²) in [7, 11) is 0. The van der Waals surface area contributed by atoms with Crippen LogP contribution in [0.25, 0.3) is 0 Å². The Morgan fingerprint density at radius 3 is 3.06 bits per heavy atom. The summed E-state index contributed by atoms with van der Waals surface area (Å²) in [6, 6.07) is 8.42. The van der Waals surface area contributed by atoms with E-state index in [9.17, 15) is 4.79 Å². The molecular formula is C14H19IN2O. The van der Waals surface area contributed by atoms with Crippen molar-refractivity contribution in [3.05, 3.63) is 27.8 Å². The Balaban J connectivity index is 1.88. The summed E-state index contributed by atoms with van der Waals surface area (Å²) in [5, 5.41) is 2.97. The fourth-order valence-corrected chi connectivity index (χ4v) is 2.89. The molecule has 1 atom stereocenters. The number of nitrogens with zero attached hydrogens (tertiary/aromatic N) is 1. The maximum atomic E-state index is 12.0. The summed E-state index contributed by atoms with van der Waals surface area (Å²) in [6.07, 6.45) is 3.70. The van der Waals surface area contributed by atoms with Gasteiger partial charge >= 0.3 is 0 Å². The zero-order chi connectivity index (χ0) is 13.0. The largest absolute Gasteiger partial charge is 0.325 e. The van der Waals surface area contributed by atoms with Crippen molar-refractivity contribution in [3.8, 4) is 0 Å². The lowest BCUT2D eigenvalue weighted by molar-refractivity contribution is -0.118. The van der Waals surface area contributed by atoms with Gasteiger partial charge < -0.3 is 5.32 Å². The summed E-state index contributed by atoms with van der Waals surface area (Å²) < 4.78 is 1.14. The van der Waals surface area contributed by atoms with E-state index in [2.05, 4.69) is 39.7 Å². The molecule has 0 bridgehead atoms. The molecule has 0 aliphatic carbocycles. The molecule has 98 valence electrons. The summed E-state index contributed by atoms with van der Waals surface area (Å²) in [4.78, 5) is 14.3. The Hall–Kier alpha value is -0.620. The number of nitrogens with one attached hydrogen (secondary N) is 1. The number of piperidine rings is 1. The molecular weight excluding hydrogens is 339 g/mol. The second-order valence-electron chi connectivity index (χ2n) is 4.87. The number of hydrogen-bond donors (Lipinski definition) is 1. The molecule has 3 nitrogen and oxygen atoms in total. The Kier molecular flexibility index (Phi) is 5.00. The van der Waals surface area contributed by atoms with Gasteiger partial charge in [-0.2, -0.15) is 0 Å². The molecule has 1 saturated heterocycles. The van der Waals surface area contributed by atoms with Crippen molar-refractivity contribution in [2.24, 2.45) is 0 Å². The smallest absolute Gasteiger partial charge is 0.238 e. The van der Waals surface area contributed by atoms with Gasteiger partial charge in [-0.3, -0.25) is 9.69 Å². The van der Waals surface area contributed by atoms with Crippen LogP contribution in [0.15, 0.2) is 24.3 Å². The fraction of sp³-hybridized carbons (Fsp3) is 0.500. The zero-order valence-electron chi connectivity index (χ0n) is 10.7. The molecule has 0 aromatic heterocycles. The lowest BCUT2D eigenvalue weighted by atomic mass is 10.0. The Morgan fingerprint density at radius 1 is 1.50 bits per heavy atom. The van der Waals surface area contributed by atoms with E-state index >= 15 is 0 Å². The van der Waals surface area contributed by atoms with Gasteiger partial charge in [-0.15, -0.1) is 0 Å². The fourth-order valence-electron chi connectivity index (χ4n) is 2.34. The molecule has 1 aliphatic rings. The van der Waals surface area contributed by atoms with Gasteiger partial charge in [0.05, 0.1) is 6.54 Å². The highest BCUT2D eigenvalue weighted by Gasteiger charge is 2.20. The Labute approximate surface area is 122 Å². The number of anilines is 1. The van der Waals surface area contributed by atoms with Gasteiger partial charge in [0.15, 0.2) is 0 Å². The van der Waals surface area contributed by atoms with E-state index in [1.165, 1.54) is 19.3 Å². The third-order valence-corrected chi connectivity index (χ3v) is 4.07. The highest BCUT2D eigenvalue weighted by Crippen LogP contribution is 2.16. The second-order valence-corrected chi connectivity index (χ2v) is 6.12. The van der Waals surface area contributed by atoms with Crippen LogP contribution in [0, 0.1) is 3.57 Å². The van der Waals surface area contributed by atoms with Crippen molar-refractivity contribution in [2.45, 2.75) is 32.2 Å². The second kappa shape index (κ2) is 6.52. The molecule has 4 heteroatoms. The third-order valence-electron chi connectivity index (χ3n) is 3.40. The zero-order valence-corrected chi connectivity index (χ0v) is 12.8. The Bertz CT molecular complexity index is 422. The van der Waals surface area contributed by atoms with Crippen LogP contribution in [-0.2, 0) is 4.79 Å². The van der Waals surface area contributed by atoms with Gasteiger partial charge in [0.2, 0.25) is 5.91 Å². The number of carbonyl (C=O) groups is 1. The lowest BCUT2D eigenvalue weighted by Gasteiger charge is -2.32. The molecule has 2 rings (SSSR count). The van der Waals surface area contributed by atoms with E-state index < -0.39 is 0 Å². The number of carbonyl (C=O) groups excluding carboxylic acids is 1. The maximum absolute atomic E-state index is 12.0. The summed E-state index contributed by atoms with van der Waals surface area (Å²) in [5.74, 6) is 0.0887. The molecule has 1 N–H and O–H groups in total. The predicted molar refractivity (Wildman–Crippen MR) is 82.7 cm³/mol. The minimum atomic E-state index is 0.0887. The SMILES string of the molecule is C[C@H]1CCCCN1CC(=O)Nc1cccc(I)c1. The number of halogens is 1. The minimum absolute atomic E-state index is 0.0887. The van der Waals surface area contributed by atoms with Crippen LogP contribution in [0.4, 0.5) is 5.69 Å². The minimum Gasteiger partial charge on any atom is -0.325 e. The van der Waals surface area contributed by atoms with Crippen LogP contribution in [-0.4, -0.2) is 29.9 Å². The van der Waals surface area contributed by atoms with Crippen LogP contribution in [0.1, 0.15) is 26.2 Å². The molecule has 18 heavy (non-hydrogen) atoms. The molecule has 1 fully saturated rings. The van der Waals surface area contributed by atoms with Crippen molar-refractivity contribution in [1.82, 2.24) is 4.90 Å². The van der Waals surface area contributed by atoms with Gasteiger partial charge in [0.25, 0.3) is 0 Å². The first-order valence-electron chi connectivity index (χ1n) is 6.44. The van der Waals surface area contributed by atoms with Gasteiger partial charge in [-0.05, 0) is 67.1 Å². The van der Waals surface area contributed by atoms with Crippen LogP contribution >= 0.6 is 22.6 Å². The standard InChI is InChI=1S/C14H19IN2O/c1-11-5-2-3-8-17(11)10-14(18)16-13-7-4-6-12(15)9-13/h4,6-7,9,11H,2-3,5,8,10H2,1H3,(H,16,18)/t11-/m0/s1. The molecule has 1 aromatic carbocycles. The highest BCUT2D eigenvalue weighted by molar-refractivity contribution is 14.1. The highest BCUT2D eigenvalue weighted by atomic mass is 127. The number of rotatable bonds is 3. The number of likely N-dealkylation sites (tertiary alicyclic amines) is 1. The van der Waals surface area contributed by atoms with E-state index in [0.29, 0.717) is 12.6 Å². The summed E-state index contributed by atoms with van der Waals surface area (Å²) in [6.45, 7) is 3.76. The molecule has 0 unspecified atom stereocenters. The first kappa shape index (κ1) is 13.8. The molecule has 1 aliphatic heterocycles. The average molecular weight is 358 g/mol. The first-order chi connectivity index (χ1) is 8.65. The van der Waals surface area contributed by atoms with Crippen molar-refractivity contribution in [1.29, 1.82) is 0 Å². The molecule has 1 heterocycles. The van der Waals surface area contributed by atoms with Crippen LogP contribution in [0.3, 0.4) is 0 Å². The molecule has 1 amide bonds. The van der Waals surface area contributed by atoms with E-state index in [0.717, 1.165) is 15.8 Å². The predicted octanol–water partition coefficient (Wildman–Crippen LogP) is 3.10. The summed E-state index contributed by atoms with van der Waals surface area (Å²) in [5.41, 5.74) is 0.886. The van der Waals surface area contributed by atoms with Crippen molar-refractivity contribution >= 4 is 34.2 Å². The third kappa shape index (κ3) is 3.95. The number of benzene rings is 1. The van der Waals surface area contributed by atoms with Crippen LogP contribution in [0.2, 0.25) is 0 Å². The van der Waals surface area contributed by atoms with E-state index in [-0.39, 0.29) is 5.91 Å².